The molecule has 7 heteroatoms. The minimum atomic E-state index is -0.270. The highest BCUT2D eigenvalue weighted by molar-refractivity contribution is 5.77. The summed E-state index contributed by atoms with van der Waals surface area (Å²) >= 11 is 0. The molecule has 0 saturated carbocycles. The van der Waals surface area contributed by atoms with Crippen molar-refractivity contribution in [2.24, 2.45) is 0 Å². The molecule has 3 aromatic heterocycles. The predicted octanol–water partition coefficient (Wildman–Crippen LogP) is 5.50. The molecule has 0 aliphatic rings. The van der Waals surface area contributed by atoms with E-state index in [1.165, 1.54) is 18.5 Å². The number of hydrogen-bond donors (Lipinski definition) is 2. The van der Waals surface area contributed by atoms with Crippen LogP contribution in [-0.4, -0.2) is 24.9 Å². The normalized spacial score (nSPS) is 10.1. The topological polar surface area (TPSA) is 79.4 Å². The van der Waals surface area contributed by atoms with Gasteiger partial charge in [-0.3, -0.25) is 0 Å². The fraction of sp³-hybridized carbons (Fsp3) is 0. The molecule has 0 atom stereocenters. The molecule has 3 heterocycles. The molecule has 0 amide bonds. The second-order valence-electron chi connectivity index (χ2n) is 6.44. The largest absolute Gasteiger partial charge is 0.343 e. The molecule has 0 aliphatic carbocycles. The number of benzene rings is 2. The molecule has 6 nitrogen and oxygen atoms in total. The SMILES string of the molecule is Fc1ccc(-c2nc[nH]c2-c2cccc(Nc3ccccc3)n2)cc1.c1cncnc1. The molecule has 0 spiro atoms. The van der Waals surface area contributed by atoms with Gasteiger partial charge in [-0.25, -0.2) is 24.3 Å². The van der Waals surface area contributed by atoms with Crippen LogP contribution in [-0.2, 0) is 0 Å². The molecule has 0 bridgehead atoms. The standard InChI is InChI=1S/C20H15FN4.C4H4N2/c21-15-11-9-14(10-12-15)19-20(23-13-22-19)17-7-4-8-18(25-17)24-16-5-2-1-3-6-16;1-2-5-4-6-3-1/h1-13H,(H,22,23)(H,24,25);1-4H. The molecule has 0 aliphatic heterocycles. The van der Waals surface area contributed by atoms with E-state index < -0.39 is 0 Å². The molecule has 0 fully saturated rings. The van der Waals surface area contributed by atoms with Crippen LogP contribution in [0.25, 0.3) is 22.6 Å². The number of nitrogens with one attached hydrogen (secondary N) is 2. The van der Waals surface area contributed by atoms with Crippen LogP contribution in [0, 0.1) is 5.82 Å². The van der Waals surface area contributed by atoms with E-state index in [-0.39, 0.29) is 5.82 Å². The summed E-state index contributed by atoms with van der Waals surface area (Å²) in [5.41, 5.74) is 4.10. The van der Waals surface area contributed by atoms with Crippen molar-refractivity contribution in [3.05, 3.63) is 110 Å². The average Bonchev–Trinajstić information content (AvgIpc) is 3.32. The second-order valence-corrected chi connectivity index (χ2v) is 6.44. The van der Waals surface area contributed by atoms with E-state index in [0.29, 0.717) is 0 Å². The van der Waals surface area contributed by atoms with Crippen molar-refractivity contribution >= 4 is 11.5 Å². The van der Waals surface area contributed by atoms with Crippen LogP contribution in [0.1, 0.15) is 0 Å². The van der Waals surface area contributed by atoms with Gasteiger partial charge in [0.05, 0.1) is 23.4 Å². The van der Waals surface area contributed by atoms with Gasteiger partial charge in [0.1, 0.15) is 18.0 Å². The quantitative estimate of drug-likeness (QED) is 0.409. The number of nitrogens with zero attached hydrogens (tertiary/aromatic N) is 4. The van der Waals surface area contributed by atoms with Gasteiger partial charge in [-0.2, -0.15) is 0 Å². The highest BCUT2D eigenvalue weighted by Crippen LogP contribution is 2.29. The Morgan fingerprint density at radius 2 is 1.55 bits per heavy atom. The maximum Gasteiger partial charge on any atom is 0.131 e. The van der Waals surface area contributed by atoms with Crippen LogP contribution in [0.15, 0.2) is 104 Å². The summed E-state index contributed by atoms with van der Waals surface area (Å²) in [6, 6.07) is 23.7. The summed E-state index contributed by atoms with van der Waals surface area (Å²) in [4.78, 5) is 19.5. The molecule has 0 unspecified atom stereocenters. The first-order chi connectivity index (χ1) is 15.3. The Morgan fingerprint density at radius 3 is 2.23 bits per heavy atom. The summed E-state index contributed by atoms with van der Waals surface area (Å²) in [5.74, 6) is 0.469. The van der Waals surface area contributed by atoms with Gasteiger partial charge >= 0.3 is 0 Å². The number of H-pyrrole nitrogens is 1. The summed E-state index contributed by atoms with van der Waals surface area (Å²) in [5, 5.41) is 3.28. The lowest BCUT2D eigenvalue weighted by atomic mass is 10.1. The third-order valence-corrected chi connectivity index (χ3v) is 4.29. The van der Waals surface area contributed by atoms with Crippen LogP contribution >= 0.6 is 0 Å². The lowest BCUT2D eigenvalue weighted by molar-refractivity contribution is 0.628. The van der Waals surface area contributed by atoms with Gasteiger partial charge in [0, 0.05) is 23.6 Å². The van der Waals surface area contributed by atoms with E-state index in [4.69, 9.17) is 0 Å². The van der Waals surface area contributed by atoms with Crippen molar-refractivity contribution in [2.45, 2.75) is 0 Å². The Balaban J connectivity index is 0.000000334. The first kappa shape index (κ1) is 19.9. The lowest BCUT2D eigenvalue weighted by Crippen LogP contribution is -1.95. The van der Waals surface area contributed by atoms with Gasteiger partial charge in [0.15, 0.2) is 0 Å². The number of pyridine rings is 1. The predicted molar refractivity (Wildman–Crippen MR) is 119 cm³/mol. The zero-order valence-electron chi connectivity index (χ0n) is 16.5. The zero-order chi connectivity index (χ0) is 21.3. The first-order valence-electron chi connectivity index (χ1n) is 9.58. The number of aromatic amines is 1. The average molecular weight is 410 g/mol. The number of halogens is 1. The second kappa shape index (κ2) is 9.89. The van der Waals surface area contributed by atoms with E-state index >= 15 is 0 Å². The smallest absolute Gasteiger partial charge is 0.131 e. The minimum Gasteiger partial charge on any atom is -0.343 e. The molecule has 2 N–H and O–H groups in total. The molecular formula is C24H19FN6. The van der Waals surface area contributed by atoms with Crippen LogP contribution in [0.3, 0.4) is 0 Å². The van der Waals surface area contributed by atoms with Crippen molar-refractivity contribution < 1.29 is 4.39 Å². The summed E-state index contributed by atoms with van der Waals surface area (Å²) in [6.45, 7) is 0. The molecule has 152 valence electrons. The highest BCUT2D eigenvalue weighted by Gasteiger charge is 2.12. The van der Waals surface area contributed by atoms with Crippen molar-refractivity contribution in [1.29, 1.82) is 0 Å². The number of hydrogen-bond acceptors (Lipinski definition) is 5. The van der Waals surface area contributed by atoms with Crippen LogP contribution in [0.4, 0.5) is 15.9 Å². The molecular weight excluding hydrogens is 391 g/mol. The van der Waals surface area contributed by atoms with E-state index in [9.17, 15) is 4.39 Å². The van der Waals surface area contributed by atoms with Gasteiger partial charge in [-0.1, -0.05) is 24.3 Å². The molecule has 2 aromatic carbocycles. The summed E-state index contributed by atoms with van der Waals surface area (Å²) in [6.07, 6.45) is 6.49. The van der Waals surface area contributed by atoms with Gasteiger partial charge in [-0.15, -0.1) is 0 Å². The third kappa shape index (κ3) is 5.36. The Labute approximate surface area is 178 Å². The first-order valence-corrected chi connectivity index (χ1v) is 9.58. The third-order valence-electron chi connectivity index (χ3n) is 4.29. The fourth-order valence-electron chi connectivity index (χ4n) is 2.88. The molecule has 0 radical (unpaired) electrons. The van der Waals surface area contributed by atoms with E-state index in [1.54, 1.807) is 36.9 Å². The fourth-order valence-corrected chi connectivity index (χ4v) is 2.88. The number of anilines is 2. The van der Waals surface area contributed by atoms with Crippen molar-refractivity contribution in [2.75, 3.05) is 5.32 Å². The monoisotopic (exact) mass is 410 g/mol. The van der Waals surface area contributed by atoms with Crippen molar-refractivity contribution in [1.82, 2.24) is 24.9 Å². The van der Waals surface area contributed by atoms with Crippen molar-refractivity contribution in [3.8, 4) is 22.6 Å². The van der Waals surface area contributed by atoms with Gasteiger partial charge in [0.25, 0.3) is 0 Å². The summed E-state index contributed by atoms with van der Waals surface area (Å²) in [7, 11) is 0. The maximum absolute atomic E-state index is 13.2. The number of para-hydroxylation sites is 1. The number of rotatable bonds is 4. The van der Waals surface area contributed by atoms with E-state index in [0.717, 1.165) is 34.2 Å². The zero-order valence-corrected chi connectivity index (χ0v) is 16.5. The van der Waals surface area contributed by atoms with Gasteiger partial charge in [0.2, 0.25) is 0 Å². The van der Waals surface area contributed by atoms with Crippen LogP contribution in [0.2, 0.25) is 0 Å². The minimum absolute atomic E-state index is 0.270. The molecule has 5 aromatic rings. The Bertz CT molecular complexity index is 1180. The van der Waals surface area contributed by atoms with Crippen LogP contribution < -0.4 is 5.32 Å². The Morgan fingerprint density at radius 1 is 0.774 bits per heavy atom. The van der Waals surface area contributed by atoms with Crippen LogP contribution in [0.5, 0.6) is 0 Å². The van der Waals surface area contributed by atoms with Crippen molar-refractivity contribution in [3.63, 3.8) is 0 Å². The van der Waals surface area contributed by atoms with Gasteiger partial charge < -0.3 is 10.3 Å². The summed E-state index contributed by atoms with van der Waals surface area (Å²) < 4.78 is 13.2. The van der Waals surface area contributed by atoms with E-state index in [2.05, 4.69) is 30.2 Å². The van der Waals surface area contributed by atoms with Gasteiger partial charge in [-0.05, 0) is 54.6 Å². The number of imidazole rings is 1. The Hall–Kier alpha value is -4.39. The Kier molecular flexibility index (Phi) is 6.35. The molecule has 0 saturated heterocycles. The van der Waals surface area contributed by atoms with E-state index in [1.807, 2.05) is 48.5 Å². The maximum atomic E-state index is 13.2. The lowest BCUT2D eigenvalue weighted by Gasteiger charge is -2.08. The molecule has 31 heavy (non-hydrogen) atoms. The number of aromatic nitrogens is 5. The molecule has 5 rings (SSSR count). The highest BCUT2D eigenvalue weighted by atomic mass is 19.1.